The summed E-state index contributed by atoms with van der Waals surface area (Å²) in [5.74, 6) is -0.781. The average Bonchev–Trinajstić information content (AvgIpc) is 3.61. The standard InChI is InChI=1S/C40H51N5O8S/c1-23(2)32-22-54-36(42-32)31-19-34(28-16-15-26(51-3)17-30(28)41-31)52-27-18-33-35(46)44-40(38(48)49)20-24(40)11-7-5-4-6-8-14-29(37(47)45(33)21-27)43-39(50)53-25-12-9-10-13-25/h15-17,19,22-25,27,29,33H,4-14,18,20-21H2,1-3H3,(H,43,50)(H,44,46)(H,48,49)/t24?,27-,29+,33+,40-/m1/s1. The van der Waals surface area contributed by atoms with Crippen molar-refractivity contribution in [1.82, 2.24) is 25.5 Å². The summed E-state index contributed by atoms with van der Waals surface area (Å²) >= 11 is 1.50. The molecule has 290 valence electrons. The van der Waals surface area contributed by atoms with Crippen LogP contribution in [0, 0.1) is 5.92 Å². The van der Waals surface area contributed by atoms with Crippen molar-refractivity contribution in [2.45, 2.75) is 133 Å². The van der Waals surface area contributed by atoms with Crippen molar-refractivity contribution in [3.8, 4) is 22.2 Å². The summed E-state index contributed by atoms with van der Waals surface area (Å²) < 4.78 is 17.9. The first kappa shape index (κ1) is 37.8. The van der Waals surface area contributed by atoms with Crippen LogP contribution in [0.25, 0.3) is 21.6 Å². The van der Waals surface area contributed by atoms with Crippen molar-refractivity contribution in [2.24, 2.45) is 5.92 Å². The minimum Gasteiger partial charge on any atom is -0.497 e. The van der Waals surface area contributed by atoms with E-state index in [-0.39, 0.29) is 30.9 Å². The minimum absolute atomic E-state index is 0.0559. The largest absolute Gasteiger partial charge is 0.497 e. The number of carboxylic acid groups (broad SMARTS) is 1. The van der Waals surface area contributed by atoms with Crippen molar-refractivity contribution in [3.05, 3.63) is 35.3 Å². The highest BCUT2D eigenvalue weighted by molar-refractivity contribution is 7.13. The molecule has 2 aromatic heterocycles. The lowest BCUT2D eigenvalue weighted by Crippen LogP contribution is -2.56. The molecule has 2 saturated heterocycles. The van der Waals surface area contributed by atoms with E-state index in [1.54, 1.807) is 7.11 Å². The molecule has 1 unspecified atom stereocenters. The van der Waals surface area contributed by atoms with Gasteiger partial charge in [-0.3, -0.25) is 9.59 Å². The van der Waals surface area contributed by atoms with Gasteiger partial charge in [-0.05, 0) is 68.9 Å². The number of fused-ring (bicyclic) bond motifs is 3. The number of rotatable bonds is 8. The van der Waals surface area contributed by atoms with Crippen molar-refractivity contribution in [1.29, 1.82) is 0 Å². The average molecular weight is 762 g/mol. The predicted octanol–water partition coefficient (Wildman–Crippen LogP) is 6.58. The topological polar surface area (TPSA) is 169 Å². The number of benzene rings is 1. The lowest BCUT2D eigenvalue weighted by molar-refractivity contribution is -0.146. The van der Waals surface area contributed by atoms with Gasteiger partial charge in [-0.25, -0.2) is 19.6 Å². The molecule has 7 rings (SSSR count). The van der Waals surface area contributed by atoms with Gasteiger partial charge >= 0.3 is 12.1 Å². The molecule has 13 nitrogen and oxygen atoms in total. The smallest absolute Gasteiger partial charge is 0.408 e. The Bertz CT molecular complexity index is 1880. The highest BCUT2D eigenvalue weighted by Crippen LogP contribution is 2.48. The first-order chi connectivity index (χ1) is 26.0. The van der Waals surface area contributed by atoms with Crippen molar-refractivity contribution < 1.29 is 38.5 Å². The Morgan fingerprint density at radius 2 is 1.74 bits per heavy atom. The van der Waals surface area contributed by atoms with Crippen molar-refractivity contribution in [3.63, 3.8) is 0 Å². The number of amides is 3. The molecule has 4 fully saturated rings. The number of ether oxygens (including phenoxy) is 3. The van der Waals surface area contributed by atoms with E-state index in [1.807, 2.05) is 29.6 Å². The number of methoxy groups -OCH3 is 1. The fourth-order valence-corrected chi connectivity index (χ4v) is 9.19. The molecule has 2 aliphatic heterocycles. The van der Waals surface area contributed by atoms with Crippen molar-refractivity contribution >= 4 is 46.1 Å². The second-order valence-corrected chi connectivity index (χ2v) is 16.5. The fourth-order valence-electron chi connectivity index (χ4n) is 8.24. The van der Waals surface area contributed by atoms with Crippen LogP contribution in [-0.2, 0) is 19.1 Å². The van der Waals surface area contributed by atoms with Gasteiger partial charge in [-0.1, -0.05) is 46.0 Å². The van der Waals surface area contributed by atoms with Gasteiger partial charge in [0, 0.05) is 29.3 Å². The SMILES string of the molecule is COc1ccc2c(O[C@@H]3C[C@H]4C(=O)N[C@]5(C(=O)O)CC5CCCCCCC[C@H](NC(=O)OC5CCCC5)C(=O)N4C3)cc(-c3nc(C(C)C)cs3)nc2c1. The molecule has 0 radical (unpaired) electrons. The van der Waals surface area contributed by atoms with Gasteiger partial charge in [0.15, 0.2) is 0 Å². The minimum atomic E-state index is -1.36. The number of thiazole rings is 1. The Morgan fingerprint density at radius 3 is 2.46 bits per heavy atom. The third-order valence-electron chi connectivity index (χ3n) is 11.5. The molecular weight excluding hydrogens is 711 g/mol. The summed E-state index contributed by atoms with van der Waals surface area (Å²) in [6.45, 7) is 4.22. The molecule has 2 aliphatic carbocycles. The van der Waals surface area contributed by atoms with Crippen LogP contribution in [0.3, 0.4) is 0 Å². The number of alkyl carbamates (subject to hydrolysis) is 1. The number of carboxylic acids is 1. The van der Waals surface area contributed by atoms with E-state index >= 15 is 0 Å². The molecule has 4 heterocycles. The van der Waals surface area contributed by atoms with E-state index in [4.69, 9.17) is 24.2 Å². The molecule has 0 spiro atoms. The maximum atomic E-state index is 14.5. The zero-order chi connectivity index (χ0) is 38.0. The van der Waals surface area contributed by atoms with Crippen LogP contribution in [0.2, 0.25) is 0 Å². The molecule has 0 bridgehead atoms. The summed E-state index contributed by atoms with van der Waals surface area (Å²) in [6, 6.07) is 5.43. The molecule has 2 saturated carbocycles. The number of nitrogens with zero attached hydrogens (tertiary/aromatic N) is 3. The molecule has 54 heavy (non-hydrogen) atoms. The summed E-state index contributed by atoms with van der Waals surface area (Å²) in [6.07, 6.45) is 8.03. The van der Waals surface area contributed by atoms with Gasteiger partial charge in [0.25, 0.3) is 0 Å². The van der Waals surface area contributed by atoms with Crippen LogP contribution in [0.1, 0.15) is 109 Å². The van der Waals surface area contributed by atoms with Gasteiger partial charge in [0.2, 0.25) is 11.8 Å². The van der Waals surface area contributed by atoms with Crippen molar-refractivity contribution in [2.75, 3.05) is 13.7 Å². The van der Waals surface area contributed by atoms with Crippen LogP contribution in [-0.4, -0.2) is 87.3 Å². The maximum Gasteiger partial charge on any atom is 0.408 e. The predicted molar refractivity (Wildman–Crippen MR) is 203 cm³/mol. The molecule has 3 N–H and O–H groups in total. The fraction of sp³-hybridized carbons (Fsp3) is 0.600. The zero-order valence-electron chi connectivity index (χ0n) is 31.3. The third-order valence-corrected chi connectivity index (χ3v) is 12.4. The van der Waals surface area contributed by atoms with Gasteiger partial charge < -0.3 is 34.9 Å². The second-order valence-electron chi connectivity index (χ2n) is 15.6. The first-order valence-corrected chi connectivity index (χ1v) is 20.4. The van der Waals surface area contributed by atoms with Gasteiger partial charge in [-0.15, -0.1) is 11.3 Å². The Hall–Kier alpha value is -4.46. The Kier molecular flexibility index (Phi) is 11.3. The molecule has 14 heteroatoms. The number of hydrogen-bond donors (Lipinski definition) is 3. The van der Waals surface area contributed by atoms with Gasteiger partial charge in [-0.2, -0.15) is 0 Å². The lowest BCUT2D eigenvalue weighted by atomic mass is 10.0. The Labute approximate surface area is 319 Å². The number of pyridine rings is 1. The summed E-state index contributed by atoms with van der Waals surface area (Å²) in [5.41, 5.74) is 0.864. The highest BCUT2D eigenvalue weighted by atomic mass is 32.1. The van der Waals surface area contributed by atoms with E-state index < -0.39 is 47.6 Å². The molecule has 4 aliphatic rings. The quantitative estimate of drug-likeness (QED) is 0.228. The van der Waals surface area contributed by atoms with E-state index in [1.165, 1.54) is 16.2 Å². The molecule has 5 atom stereocenters. The molecule has 1 aromatic carbocycles. The van der Waals surface area contributed by atoms with E-state index in [0.29, 0.717) is 48.4 Å². The van der Waals surface area contributed by atoms with Crippen LogP contribution < -0.4 is 20.1 Å². The second kappa shape index (κ2) is 16.1. The van der Waals surface area contributed by atoms with Crippen LogP contribution in [0.5, 0.6) is 11.5 Å². The molecule has 3 amide bonds. The number of aromatic nitrogens is 2. The van der Waals surface area contributed by atoms with Crippen LogP contribution in [0.15, 0.2) is 29.6 Å². The van der Waals surface area contributed by atoms with E-state index in [9.17, 15) is 24.3 Å². The summed E-state index contributed by atoms with van der Waals surface area (Å²) in [4.78, 5) is 65.6. The third kappa shape index (κ3) is 8.13. The Morgan fingerprint density at radius 1 is 1.00 bits per heavy atom. The maximum absolute atomic E-state index is 14.5. The van der Waals surface area contributed by atoms with E-state index in [0.717, 1.165) is 67.5 Å². The molecular formula is C40H51N5O8S. The summed E-state index contributed by atoms with van der Waals surface area (Å²) in [5, 5.41) is 19.5. The van der Waals surface area contributed by atoms with Crippen LogP contribution >= 0.6 is 11.3 Å². The highest BCUT2D eigenvalue weighted by Gasteiger charge is 2.62. The molecule has 3 aromatic rings. The number of nitrogens with one attached hydrogen (secondary N) is 2. The monoisotopic (exact) mass is 761 g/mol. The Balaban J connectivity index is 1.20. The zero-order valence-corrected chi connectivity index (χ0v) is 32.1. The number of carbonyl (C=O) groups excluding carboxylic acids is 3. The van der Waals surface area contributed by atoms with Gasteiger partial charge in [0.05, 0.1) is 24.9 Å². The first-order valence-electron chi connectivity index (χ1n) is 19.5. The number of hydrogen-bond acceptors (Lipinski definition) is 10. The number of carbonyl (C=O) groups is 4. The van der Waals surface area contributed by atoms with Crippen LogP contribution in [0.4, 0.5) is 4.79 Å². The lowest BCUT2D eigenvalue weighted by Gasteiger charge is -2.29. The van der Waals surface area contributed by atoms with E-state index in [2.05, 4.69) is 24.5 Å². The summed E-state index contributed by atoms with van der Waals surface area (Å²) in [7, 11) is 1.59. The number of aliphatic carboxylic acids is 1. The van der Waals surface area contributed by atoms with Gasteiger partial charge in [0.1, 0.15) is 52.0 Å². The normalized spacial score (nSPS) is 26.7.